The van der Waals surface area contributed by atoms with Gasteiger partial charge < -0.3 is 10.2 Å². The maximum absolute atomic E-state index is 10.0. The van der Waals surface area contributed by atoms with Gasteiger partial charge >= 0.3 is 0 Å². The summed E-state index contributed by atoms with van der Waals surface area (Å²) in [6.45, 7) is 0. The highest BCUT2D eigenvalue weighted by Gasteiger charge is 2.18. The minimum Gasteiger partial charge on any atom is -0.390 e. The van der Waals surface area contributed by atoms with E-state index in [-0.39, 0.29) is 0 Å². The van der Waals surface area contributed by atoms with E-state index in [1.54, 1.807) is 24.5 Å². The predicted molar refractivity (Wildman–Crippen MR) is 73.0 cm³/mol. The SMILES string of the molecule is OC(Cc1cncc(Br)c1)C(O)c1ccccc1. The van der Waals surface area contributed by atoms with Crippen LogP contribution in [0.1, 0.15) is 17.2 Å². The molecule has 2 unspecified atom stereocenters. The minimum absolute atomic E-state index is 0.364. The van der Waals surface area contributed by atoms with Crippen LogP contribution in [0.15, 0.2) is 53.3 Å². The van der Waals surface area contributed by atoms with Gasteiger partial charge in [0.1, 0.15) is 6.10 Å². The van der Waals surface area contributed by atoms with E-state index in [0.717, 1.165) is 10.0 Å². The molecule has 3 nitrogen and oxygen atoms in total. The zero-order valence-electron chi connectivity index (χ0n) is 9.70. The molecule has 1 aromatic carbocycles. The number of aliphatic hydroxyl groups is 2. The van der Waals surface area contributed by atoms with Gasteiger partial charge in [-0.05, 0) is 33.1 Å². The molecule has 0 bridgehead atoms. The van der Waals surface area contributed by atoms with Crippen LogP contribution in [-0.2, 0) is 6.42 Å². The largest absolute Gasteiger partial charge is 0.390 e. The third-order valence-corrected chi connectivity index (χ3v) is 3.15. The summed E-state index contributed by atoms with van der Waals surface area (Å²) in [5.74, 6) is 0. The Labute approximate surface area is 114 Å². The number of rotatable bonds is 4. The van der Waals surface area contributed by atoms with E-state index >= 15 is 0 Å². The number of hydrogen-bond donors (Lipinski definition) is 2. The van der Waals surface area contributed by atoms with E-state index in [2.05, 4.69) is 20.9 Å². The molecular formula is C14H14BrNO2. The quantitative estimate of drug-likeness (QED) is 0.912. The standard InChI is InChI=1S/C14H14BrNO2/c15-12-6-10(8-16-9-12)7-13(17)14(18)11-4-2-1-3-5-11/h1-6,8-9,13-14,17-18H,7H2. The van der Waals surface area contributed by atoms with Crippen LogP contribution in [0.3, 0.4) is 0 Å². The van der Waals surface area contributed by atoms with Crippen molar-refractivity contribution < 1.29 is 10.2 Å². The first-order valence-corrected chi connectivity index (χ1v) is 6.46. The molecule has 0 aliphatic carbocycles. The van der Waals surface area contributed by atoms with Gasteiger partial charge in [-0.1, -0.05) is 30.3 Å². The van der Waals surface area contributed by atoms with Gasteiger partial charge in [-0.25, -0.2) is 0 Å². The van der Waals surface area contributed by atoms with E-state index in [0.29, 0.717) is 12.0 Å². The molecule has 2 rings (SSSR count). The fraction of sp³-hybridized carbons (Fsp3) is 0.214. The van der Waals surface area contributed by atoms with Crippen molar-refractivity contribution in [1.29, 1.82) is 0 Å². The van der Waals surface area contributed by atoms with Gasteiger partial charge in [0, 0.05) is 23.3 Å². The molecule has 2 aromatic rings. The van der Waals surface area contributed by atoms with E-state index in [1.165, 1.54) is 0 Å². The van der Waals surface area contributed by atoms with Gasteiger partial charge in [0.15, 0.2) is 0 Å². The third-order valence-electron chi connectivity index (χ3n) is 2.71. The van der Waals surface area contributed by atoms with Crippen molar-refractivity contribution in [1.82, 2.24) is 4.98 Å². The van der Waals surface area contributed by atoms with E-state index in [4.69, 9.17) is 0 Å². The van der Waals surface area contributed by atoms with Crippen LogP contribution in [0, 0.1) is 0 Å². The summed E-state index contributed by atoms with van der Waals surface area (Å²) in [6.07, 6.45) is 2.01. The maximum Gasteiger partial charge on any atom is 0.105 e. The topological polar surface area (TPSA) is 53.4 Å². The van der Waals surface area contributed by atoms with Crippen molar-refractivity contribution in [2.45, 2.75) is 18.6 Å². The fourth-order valence-corrected chi connectivity index (χ4v) is 2.21. The summed E-state index contributed by atoms with van der Waals surface area (Å²) >= 11 is 3.33. The lowest BCUT2D eigenvalue weighted by molar-refractivity contribution is 0.0189. The van der Waals surface area contributed by atoms with Crippen molar-refractivity contribution in [2.75, 3.05) is 0 Å². The number of aliphatic hydroxyl groups excluding tert-OH is 2. The zero-order valence-corrected chi connectivity index (χ0v) is 11.3. The maximum atomic E-state index is 10.0. The number of benzene rings is 1. The van der Waals surface area contributed by atoms with Gasteiger partial charge in [0.05, 0.1) is 6.10 Å². The van der Waals surface area contributed by atoms with Gasteiger partial charge in [0.2, 0.25) is 0 Å². The molecule has 0 radical (unpaired) electrons. The first kappa shape index (κ1) is 13.2. The molecular weight excluding hydrogens is 294 g/mol. The monoisotopic (exact) mass is 307 g/mol. The highest BCUT2D eigenvalue weighted by molar-refractivity contribution is 9.10. The Kier molecular flexibility index (Phi) is 4.47. The van der Waals surface area contributed by atoms with Gasteiger partial charge in [-0.3, -0.25) is 4.98 Å². The first-order chi connectivity index (χ1) is 8.66. The average Bonchev–Trinajstić information content (AvgIpc) is 2.39. The fourth-order valence-electron chi connectivity index (χ4n) is 1.79. The summed E-state index contributed by atoms with van der Waals surface area (Å²) in [5.41, 5.74) is 1.60. The molecule has 0 saturated carbocycles. The number of halogens is 1. The Bertz CT molecular complexity index is 504. The summed E-state index contributed by atoms with van der Waals surface area (Å²) in [7, 11) is 0. The van der Waals surface area contributed by atoms with Crippen molar-refractivity contribution in [3.8, 4) is 0 Å². The van der Waals surface area contributed by atoms with Crippen LogP contribution >= 0.6 is 15.9 Å². The van der Waals surface area contributed by atoms with Crippen LogP contribution in [0.2, 0.25) is 0 Å². The van der Waals surface area contributed by atoms with E-state index < -0.39 is 12.2 Å². The smallest absolute Gasteiger partial charge is 0.105 e. The molecule has 94 valence electrons. The molecule has 0 aliphatic rings. The molecule has 1 heterocycles. The second-order valence-corrected chi connectivity index (χ2v) is 5.05. The summed E-state index contributed by atoms with van der Waals surface area (Å²) in [5, 5.41) is 20.1. The number of hydrogen-bond acceptors (Lipinski definition) is 3. The summed E-state index contributed by atoms with van der Waals surface area (Å²) in [4.78, 5) is 4.03. The van der Waals surface area contributed by atoms with Gasteiger partial charge in [-0.15, -0.1) is 0 Å². The Morgan fingerprint density at radius 3 is 2.50 bits per heavy atom. The van der Waals surface area contributed by atoms with Crippen LogP contribution in [0.5, 0.6) is 0 Å². The number of aromatic nitrogens is 1. The second kappa shape index (κ2) is 6.09. The molecule has 0 amide bonds. The minimum atomic E-state index is -0.884. The highest BCUT2D eigenvalue weighted by Crippen LogP contribution is 2.20. The lowest BCUT2D eigenvalue weighted by Crippen LogP contribution is -2.20. The van der Waals surface area contributed by atoms with Crippen molar-refractivity contribution >= 4 is 15.9 Å². The van der Waals surface area contributed by atoms with Crippen LogP contribution in [0.4, 0.5) is 0 Å². The number of nitrogens with zero attached hydrogens (tertiary/aromatic N) is 1. The van der Waals surface area contributed by atoms with Crippen molar-refractivity contribution in [3.05, 3.63) is 64.4 Å². The second-order valence-electron chi connectivity index (χ2n) is 4.14. The molecule has 0 aliphatic heterocycles. The lowest BCUT2D eigenvalue weighted by atomic mass is 9.99. The van der Waals surface area contributed by atoms with Crippen LogP contribution in [0.25, 0.3) is 0 Å². The molecule has 0 fully saturated rings. The van der Waals surface area contributed by atoms with E-state index in [9.17, 15) is 10.2 Å². The first-order valence-electron chi connectivity index (χ1n) is 5.67. The molecule has 0 spiro atoms. The van der Waals surface area contributed by atoms with Crippen LogP contribution in [-0.4, -0.2) is 21.3 Å². The normalized spacial score (nSPS) is 14.2. The van der Waals surface area contributed by atoms with Crippen molar-refractivity contribution in [2.24, 2.45) is 0 Å². The van der Waals surface area contributed by atoms with Crippen LogP contribution < -0.4 is 0 Å². The molecule has 1 aromatic heterocycles. The molecule has 0 saturated heterocycles. The summed E-state index contributed by atoms with van der Waals surface area (Å²) < 4.78 is 0.862. The highest BCUT2D eigenvalue weighted by atomic mass is 79.9. The van der Waals surface area contributed by atoms with Crippen molar-refractivity contribution in [3.63, 3.8) is 0 Å². The molecule has 2 atom stereocenters. The lowest BCUT2D eigenvalue weighted by Gasteiger charge is -2.18. The van der Waals surface area contributed by atoms with E-state index in [1.807, 2.05) is 24.3 Å². The predicted octanol–water partition coefficient (Wildman–Crippen LogP) is 2.48. The Balaban J connectivity index is 2.06. The molecule has 4 heteroatoms. The Hall–Kier alpha value is -1.23. The van der Waals surface area contributed by atoms with Gasteiger partial charge in [-0.2, -0.15) is 0 Å². The molecule has 18 heavy (non-hydrogen) atoms. The third kappa shape index (κ3) is 3.38. The number of pyridine rings is 1. The average molecular weight is 308 g/mol. The molecule has 2 N–H and O–H groups in total. The van der Waals surface area contributed by atoms with Gasteiger partial charge in [0.25, 0.3) is 0 Å². The summed E-state index contributed by atoms with van der Waals surface area (Å²) in [6, 6.07) is 11.0. The Morgan fingerprint density at radius 1 is 1.11 bits per heavy atom. The zero-order chi connectivity index (χ0) is 13.0. The Morgan fingerprint density at radius 2 is 1.83 bits per heavy atom.